The summed E-state index contributed by atoms with van der Waals surface area (Å²) in [6.45, 7) is 4.45. The number of hydrogen-bond acceptors (Lipinski definition) is 5. The Kier molecular flexibility index (Phi) is 5.85. The highest BCUT2D eigenvalue weighted by atomic mass is 32.2. The minimum atomic E-state index is -2.84. The molecule has 1 aliphatic rings. The van der Waals surface area contributed by atoms with Crippen molar-refractivity contribution >= 4 is 9.84 Å². The molecule has 5 nitrogen and oxygen atoms in total. The lowest BCUT2D eigenvalue weighted by atomic mass is 10.0. The molecule has 6 heteroatoms. The maximum Gasteiger partial charge on any atom is 0.150 e. The number of sulfone groups is 1. The third kappa shape index (κ3) is 4.91. The minimum absolute atomic E-state index is 0.219. The molecule has 1 saturated heterocycles. The molecule has 0 amide bonds. The quantitative estimate of drug-likeness (QED) is 0.635. The van der Waals surface area contributed by atoms with Gasteiger partial charge in [0.15, 0.2) is 0 Å². The number of hydrogen-bond donors (Lipinski definition) is 1. The first kappa shape index (κ1) is 14.9. The number of nitrogens with one attached hydrogen (secondary N) is 1. The Morgan fingerprint density at radius 3 is 2.76 bits per heavy atom. The second-order valence-electron chi connectivity index (χ2n) is 4.46. The van der Waals surface area contributed by atoms with Crippen LogP contribution in [0.5, 0.6) is 0 Å². The average Bonchev–Trinajstić information content (AvgIpc) is 2.78. The molecular weight excluding hydrogens is 242 g/mol. The smallest absolute Gasteiger partial charge is 0.150 e. The monoisotopic (exact) mass is 265 g/mol. The van der Waals surface area contributed by atoms with Crippen LogP contribution in [0.15, 0.2) is 0 Å². The highest BCUT2D eigenvalue weighted by Gasteiger charge is 2.34. The van der Waals surface area contributed by atoms with E-state index >= 15 is 0 Å². The van der Waals surface area contributed by atoms with E-state index in [0.29, 0.717) is 19.6 Å². The van der Waals surface area contributed by atoms with E-state index in [-0.39, 0.29) is 17.1 Å². The molecule has 1 fully saturated rings. The van der Waals surface area contributed by atoms with Gasteiger partial charge in [-0.15, -0.1) is 0 Å². The lowest BCUT2D eigenvalue weighted by Gasteiger charge is -2.25. The fraction of sp³-hybridized carbons (Fsp3) is 1.00. The minimum Gasteiger partial charge on any atom is -0.378 e. The second-order valence-corrected chi connectivity index (χ2v) is 6.93. The van der Waals surface area contributed by atoms with E-state index in [1.807, 2.05) is 0 Å². The fourth-order valence-electron chi connectivity index (χ4n) is 1.84. The van der Waals surface area contributed by atoms with Crippen LogP contribution in [0.25, 0.3) is 0 Å². The summed E-state index contributed by atoms with van der Waals surface area (Å²) in [4.78, 5) is 0. The van der Waals surface area contributed by atoms with Crippen LogP contribution < -0.4 is 5.32 Å². The zero-order valence-corrected chi connectivity index (χ0v) is 11.5. The van der Waals surface area contributed by atoms with E-state index in [4.69, 9.17) is 9.47 Å². The van der Waals surface area contributed by atoms with Gasteiger partial charge in [0.05, 0.1) is 12.4 Å². The topological polar surface area (TPSA) is 64.6 Å². The Morgan fingerprint density at radius 1 is 1.47 bits per heavy atom. The first-order valence-electron chi connectivity index (χ1n) is 6.08. The molecule has 102 valence electrons. The maximum atomic E-state index is 11.3. The molecule has 1 heterocycles. The van der Waals surface area contributed by atoms with Gasteiger partial charge in [-0.3, -0.25) is 0 Å². The van der Waals surface area contributed by atoms with Crippen molar-refractivity contribution in [2.24, 2.45) is 0 Å². The molecule has 0 radical (unpaired) electrons. The van der Waals surface area contributed by atoms with Crippen molar-refractivity contribution in [1.82, 2.24) is 5.32 Å². The fourth-order valence-corrected chi connectivity index (χ4v) is 2.71. The van der Waals surface area contributed by atoms with Crippen LogP contribution >= 0.6 is 0 Å². The lowest BCUT2D eigenvalue weighted by molar-refractivity contribution is -0.0155. The van der Waals surface area contributed by atoms with Crippen molar-refractivity contribution in [3.8, 4) is 0 Å². The van der Waals surface area contributed by atoms with Crippen LogP contribution in [0.3, 0.4) is 0 Å². The van der Waals surface area contributed by atoms with Gasteiger partial charge in [0.25, 0.3) is 0 Å². The molecule has 1 aliphatic heterocycles. The van der Waals surface area contributed by atoms with E-state index in [2.05, 4.69) is 5.32 Å². The Balaban J connectivity index is 2.15. The Labute approximate surface area is 104 Å². The molecule has 0 aromatic carbocycles. The summed E-state index contributed by atoms with van der Waals surface area (Å²) in [6, 6.07) is 0. The van der Waals surface area contributed by atoms with Crippen molar-refractivity contribution in [2.45, 2.75) is 25.4 Å². The predicted octanol–water partition coefficient (Wildman–Crippen LogP) is 0.206. The molecule has 1 unspecified atom stereocenters. The highest BCUT2D eigenvalue weighted by Crippen LogP contribution is 2.21. The molecule has 0 bridgehead atoms. The molecule has 0 saturated carbocycles. The van der Waals surface area contributed by atoms with Crippen molar-refractivity contribution < 1.29 is 17.9 Å². The van der Waals surface area contributed by atoms with Gasteiger partial charge < -0.3 is 14.8 Å². The molecule has 0 aliphatic carbocycles. The molecule has 1 atom stereocenters. The third-order valence-corrected chi connectivity index (χ3v) is 4.99. The summed E-state index contributed by atoms with van der Waals surface area (Å²) in [5, 5.41) is 3.25. The van der Waals surface area contributed by atoms with Crippen LogP contribution in [0, 0.1) is 0 Å². The van der Waals surface area contributed by atoms with Crippen LogP contribution in [0.4, 0.5) is 0 Å². The number of ether oxygens (including phenoxy) is 2. The average molecular weight is 265 g/mol. The van der Waals surface area contributed by atoms with E-state index < -0.39 is 9.84 Å². The molecular formula is C11H23NO4S. The van der Waals surface area contributed by atoms with Crippen LogP contribution in [0.1, 0.15) is 19.8 Å². The molecule has 1 rings (SSSR count). The van der Waals surface area contributed by atoms with Crippen molar-refractivity contribution in [1.29, 1.82) is 0 Å². The predicted molar refractivity (Wildman–Crippen MR) is 67.0 cm³/mol. The summed E-state index contributed by atoms with van der Waals surface area (Å²) < 4.78 is 33.3. The Morgan fingerprint density at radius 2 is 2.24 bits per heavy atom. The molecule has 0 aromatic heterocycles. The Hall–Kier alpha value is -0.170. The van der Waals surface area contributed by atoms with Gasteiger partial charge in [0, 0.05) is 32.4 Å². The first-order chi connectivity index (χ1) is 8.04. The summed E-state index contributed by atoms with van der Waals surface area (Å²) >= 11 is 0. The SMILES string of the molecule is CCS(=O)(=O)CCCNCC1(OC)CCOC1. The molecule has 17 heavy (non-hydrogen) atoms. The van der Waals surface area contributed by atoms with E-state index in [0.717, 1.165) is 19.6 Å². The van der Waals surface area contributed by atoms with Gasteiger partial charge in [-0.1, -0.05) is 6.92 Å². The van der Waals surface area contributed by atoms with E-state index in [1.165, 1.54) is 0 Å². The molecule has 1 N–H and O–H groups in total. The largest absolute Gasteiger partial charge is 0.378 e. The van der Waals surface area contributed by atoms with E-state index in [1.54, 1.807) is 14.0 Å². The summed E-state index contributed by atoms with van der Waals surface area (Å²) in [6.07, 6.45) is 1.54. The van der Waals surface area contributed by atoms with Crippen molar-refractivity contribution in [3.05, 3.63) is 0 Å². The van der Waals surface area contributed by atoms with Gasteiger partial charge in [-0.25, -0.2) is 8.42 Å². The van der Waals surface area contributed by atoms with Gasteiger partial charge in [-0.2, -0.15) is 0 Å². The zero-order chi connectivity index (χ0) is 12.8. The number of methoxy groups -OCH3 is 1. The lowest BCUT2D eigenvalue weighted by Crippen LogP contribution is -2.43. The highest BCUT2D eigenvalue weighted by molar-refractivity contribution is 7.91. The summed E-state index contributed by atoms with van der Waals surface area (Å²) in [5.41, 5.74) is -0.219. The van der Waals surface area contributed by atoms with Crippen molar-refractivity contribution in [3.63, 3.8) is 0 Å². The van der Waals surface area contributed by atoms with Gasteiger partial charge in [0.2, 0.25) is 0 Å². The van der Waals surface area contributed by atoms with Gasteiger partial charge >= 0.3 is 0 Å². The summed E-state index contributed by atoms with van der Waals surface area (Å²) in [5.74, 6) is 0.482. The van der Waals surface area contributed by atoms with Crippen LogP contribution in [-0.4, -0.2) is 58.9 Å². The van der Waals surface area contributed by atoms with Crippen LogP contribution in [0.2, 0.25) is 0 Å². The summed E-state index contributed by atoms with van der Waals surface area (Å²) in [7, 11) is -1.14. The molecule has 0 spiro atoms. The van der Waals surface area contributed by atoms with Gasteiger partial charge in [-0.05, 0) is 13.0 Å². The molecule has 0 aromatic rings. The third-order valence-electron chi connectivity index (χ3n) is 3.20. The van der Waals surface area contributed by atoms with Crippen LogP contribution in [-0.2, 0) is 19.3 Å². The normalized spacial score (nSPS) is 25.3. The Bertz CT molecular complexity index is 309. The second kappa shape index (κ2) is 6.68. The first-order valence-corrected chi connectivity index (χ1v) is 7.90. The van der Waals surface area contributed by atoms with E-state index in [9.17, 15) is 8.42 Å². The maximum absolute atomic E-state index is 11.3. The number of rotatable bonds is 8. The standard InChI is InChI=1S/C11H23NO4S/c1-3-17(13,14)8-4-6-12-9-11(15-2)5-7-16-10-11/h12H,3-10H2,1-2H3. The zero-order valence-electron chi connectivity index (χ0n) is 10.7. The van der Waals surface area contributed by atoms with Gasteiger partial charge in [0.1, 0.15) is 15.4 Å². The van der Waals surface area contributed by atoms with Crippen molar-refractivity contribution in [2.75, 3.05) is 44.9 Å².